The summed E-state index contributed by atoms with van der Waals surface area (Å²) in [6.07, 6.45) is -4.48. The zero-order valence-corrected chi connectivity index (χ0v) is 13.6. The second-order valence-electron chi connectivity index (χ2n) is 4.65. The zero-order chi connectivity index (χ0) is 17.7. The quantitative estimate of drug-likeness (QED) is 0.755. The lowest BCUT2D eigenvalue weighted by atomic mass is 10.1. The van der Waals surface area contributed by atoms with Crippen molar-refractivity contribution in [2.75, 3.05) is 6.54 Å². The summed E-state index contributed by atoms with van der Waals surface area (Å²) in [5.74, 6) is 4.42. The number of amides is 1. The van der Waals surface area contributed by atoms with Gasteiger partial charge in [-0.3, -0.25) is 4.79 Å². The van der Waals surface area contributed by atoms with Gasteiger partial charge in [0.25, 0.3) is 5.91 Å². The van der Waals surface area contributed by atoms with E-state index in [-0.39, 0.29) is 22.7 Å². The molecule has 1 N–H and O–H groups in total. The Hall–Kier alpha value is -2.16. The molecule has 0 atom stereocenters. The minimum absolute atomic E-state index is 0.121. The van der Waals surface area contributed by atoms with Crippen molar-refractivity contribution in [1.29, 1.82) is 0 Å². The van der Waals surface area contributed by atoms with Gasteiger partial charge in [0.2, 0.25) is 0 Å². The minimum Gasteiger partial charge on any atom is -0.341 e. The maximum atomic E-state index is 12.8. The van der Waals surface area contributed by atoms with Crippen molar-refractivity contribution < 1.29 is 18.0 Å². The normalized spacial score (nSPS) is 10.7. The summed E-state index contributed by atoms with van der Waals surface area (Å²) in [4.78, 5) is 11.9. The van der Waals surface area contributed by atoms with Gasteiger partial charge in [0.15, 0.2) is 0 Å². The molecular weight excluding hydrogens is 362 g/mol. The van der Waals surface area contributed by atoms with Crippen molar-refractivity contribution in [2.45, 2.75) is 6.18 Å². The van der Waals surface area contributed by atoms with E-state index in [0.717, 1.165) is 6.07 Å². The number of hydrogen-bond donors (Lipinski definition) is 1. The first-order valence-electron chi connectivity index (χ1n) is 6.67. The summed E-state index contributed by atoms with van der Waals surface area (Å²) in [6, 6.07) is 9.36. The molecular formula is C17H10Cl2F3NO. The Labute approximate surface area is 146 Å². The van der Waals surface area contributed by atoms with Crippen LogP contribution in [0.1, 0.15) is 21.5 Å². The van der Waals surface area contributed by atoms with Gasteiger partial charge >= 0.3 is 6.18 Å². The highest BCUT2D eigenvalue weighted by Crippen LogP contribution is 2.31. The molecule has 7 heteroatoms. The molecule has 2 aromatic carbocycles. The van der Waals surface area contributed by atoms with Crippen LogP contribution in [0, 0.1) is 11.8 Å². The van der Waals surface area contributed by atoms with Gasteiger partial charge in [-0.25, -0.2) is 0 Å². The number of hydrogen-bond acceptors (Lipinski definition) is 1. The summed E-state index contributed by atoms with van der Waals surface area (Å²) in [7, 11) is 0. The van der Waals surface area contributed by atoms with Gasteiger partial charge in [0.1, 0.15) is 0 Å². The first kappa shape index (κ1) is 18.2. The molecule has 0 unspecified atom stereocenters. The van der Waals surface area contributed by atoms with Crippen LogP contribution in [0.4, 0.5) is 13.2 Å². The van der Waals surface area contributed by atoms with Crippen LogP contribution < -0.4 is 5.32 Å². The van der Waals surface area contributed by atoms with Gasteiger partial charge in [0, 0.05) is 10.6 Å². The zero-order valence-electron chi connectivity index (χ0n) is 12.0. The molecule has 0 saturated carbocycles. The topological polar surface area (TPSA) is 29.1 Å². The molecule has 0 aromatic heterocycles. The molecule has 0 bridgehead atoms. The van der Waals surface area contributed by atoms with Crippen molar-refractivity contribution in [1.82, 2.24) is 5.32 Å². The van der Waals surface area contributed by atoms with Crippen molar-refractivity contribution >= 4 is 29.1 Å². The Morgan fingerprint density at radius 3 is 2.50 bits per heavy atom. The van der Waals surface area contributed by atoms with Crippen LogP contribution in [0.5, 0.6) is 0 Å². The number of benzene rings is 2. The lowest BCUT2D eigenvalue weighted by Crippen LogP contribution is -2.23. The Kier molecular flexibility index (Phi) is 5.76. The fourth-order valence-electron chi connectivity index (χ4n) is 1.87. The molecule has 0 aliphatic heterocycles. The Morgan fingerprint density at radius 2 is 1.83 bits per heavy atom. The summed E-state index contributed by atoms with van der Waals surface area (Å²) < 4.78 is 38.5. The van der Waals surface area contributed by atoms with Crippen LogP contribution in [-0.2, 0) is 6.18 Å². The Bertz CT molecular complexity index is 823. The predicted octanol–water partition coefficient (Wildman–Crippen LogP) is 4.79. The summed E-state index contributed by atoms with van der Waals surface area (Å²) >= 11 is 11.6. The van der Waals surface area contributed by atoms with Crippen molar-refractivity contribution in [3.05, 3.63) is 69.2 Å². The van der Waals surface area contributed by atoms with E-state index in [1.807, 2.05) is 0 Å². The molecule has 0 aliphatic carbocycles. The predicted molar refractivity (Wildman–Crippen MR) is 87.1 cm³/mol. The van der Waals surface area contributed by atoms with E-state index in [0.29, 0.717) is 5.02 Å². The maximum absolute atomic E-state index is 12.8. The van der Waals surface area contributed by atoms with Gasteiger partial charge in [-0.05, 0) is 30.3 Å². The summed E-state index contributed by atoms with van der Waals surface area (Å²) in [5.41, 5.74) is -0.757. The molecule has 2 rings (SSSR count). The van der Waals surface area contributed by atoms with E-state index in [9.17, 15) is 18.0 Å². The van der Waals surface area contributed by atoms with Crippen LogP contribution in [-0.4, -0.2) is 12.5 Å². The van der Waals surface area contributed by atoms with Crippen molar-refractivity contribution in [2.24, 2.45) is 0 Å². The van der Waals surface area contributed by atoms with Crippen LogP contribution in [0.15, 0.2) is 42.5 Å². The first-order chi connectivity index (χ1) is 11.3. The fraction of sp³-hybridized carbons (Fsp3) is 0.118. The van der Waals surface area contributed by atoms with Crippen LogP contribution in [0.25, 0.3) is 0 Å². The lowest BCUT2D eigenvalue weighted by Gasteiger charge is -2.08. The van der Waals surface area contributed by atoms with Gasteiger partial charge in [-0.15, -0.1) is 0 Å². The van der Waals surface area contributed by atoms with E-state index in [2.05, 4.69) is 17.2 Å². The number of nitrogens with one attached hydrogen (secondary N) is 1. The summed E-state index contributed by atoms with van der Waals surface area (Å²) in [6.45, 7) is -0.121. The maximum Gasteiger partial charge on any atom is 0.417 e. The number of rotatable bonds is 2. The molecule has 0 heterocycles. The van der Waals surface area contributed by atoms with Gasteiger partial charge < -0.3 is 5.32 Å². The van der Waals surface area contributed by atoms with E-state index in [4.69, 9.17) is 23.2 Å². The Balaban J connectivity index is 2.06. The standard InChI is InChI=1S/C17H10Cl2F3NO/c18-12-7-8-13(15(19)10-12)16(24)23-9-3-5-11-4-1-2-6-14(11)17(20,21)22/h1-2,4,6-8,10H,9H2,(H,23,24). The fourth-order valence-corrected chi connectivity index (χ4v) is 2.37. The molecule has 1 amide bonds. The third-order valence-electron chi connectivity index (χ3n) is 2.97. The van der Waals surface area contributed by atoms with Crippen LogP contribution >= 0.6 is 23.2 Å². The highest BCUT2D eigenvalue weighted by Gasteiger charge is 2.32. The van der Waals surface area contributed by atoms with E-state index in [1.54, 1.807) is 0 Å². The van der Waals surface area contributed by atoms with Gasteiger partial charge in [0.05, 0.1) is 22.7 Å². The van der Waals surface area contributed by atoms with E-state index >= 15 is 0 Å². The van der Waals surface area contributed by atoms with E-state index in [1.165, 1.54) is 36.4 Å². The van der Waals surface area contributed by atoms with Crippen LogP contribution in [0.2, 0.25) is 10.0 Å². The third-order valence-corrected chi connectivity index (χ3v) is 3.52. The molecule has 0 aliphatic rings. The van der Waals surface area contributed by atoms with Gasteiger partial charge in [-0.1, -0.05) is 47.2 Å². The SMILES string of the molecule is O=C(NCC#Cc1ccccc1C(F)(F)F)c1ccc(Cl)cc1Cl. The van der Waals surface area contributed by atoms with Gasteiger partial charge in [-0.2, -0.15) is 13.2 Å². The lowest BCUT2D eigenvalue weighted by molar-refractivity contribution is -0.137. The monoisotopic (exact) mass is 371 g/mol. The molecule has 0 fully saturated rings. The molecule has 0 radical (unpaired) electrons. The second kappa shape index (κ2) is 7.61. The third kappa shape index (κ3) is 4.67. The second-order valence-corrected chi connectivity index (χ2v) is 5.50. The molecule has 124 valence electrons. The highest BCUT2D eigenvalue weighted by molar-refractivity contribution is 6.36. The molecule has 2 nitrogen and oxygen atoms in total. The van der Waals surface area contributed by atoms with Crippen molar-refractivity contribution in [3.63, 3.8) is 0 Å². The van der Waals surface area contributed by atoms with Crippen LogP contribution in [0.3, 0.4) is 0 Å². The van der Waals surface area contributed by atoms with Crippen molar-refractivity contribution in [3.8, 4) is 11.8 Å². The molecule has 2 aromatic rings. The molecule has 0 saturated heterocycles. The number of carbonyl (C=O) groups excluding carboxylic acids is 1. The average molecular weight is 372 g/mol. The number of halogens is 5. The average Bonchev–Trinajstić information content (AvgIpc) is 2.50. The highest BCUT2D eigenvalue weighted by atomic mass is 35.5. The molecule has 24 heavy (non-hydrogen) atoms. The largest absolute Gasteiger partial charge is 0.417 e. The molecule has 0 spiro atoms. The summed E-state index contributed by atoms with van der Waals surface area (Å²) in [5, 5.41) is 3.03. The Morgan fingerprint density at radius 1 is 1.12 bits per heavy atom. The smallest absolute Gasteiger partial charge is 0.341 e. The minimum atomic E-state index is -4.48. The van der Waals surface area contributed by atoms with E-state index < -0.39 is 17.6 Å². The number of carbonyl (C=O) groups is 1. The first-order valence-corrected chi connectivity index (χ1v) is 7.43. The number of alkyl halides is 3.